The van der Waals surface area contributed by atoms with Crippen molar-refractivity contribution in [2.75, 3.05) is 6.61 Å². The van der Waals surface area contributed by atoms with Crippen molar-refractivity contribution < 1.29 is 14.3 Å². The number of carbonyl (C=O) groups excluding carboxylic acids is 2. The first-order valence-electron chi connectivity index (χ1n) is 25.7. The van der Waals surface area contributed by atoms with Crippen molar-refractivity contribution >= 4 is 12.2 Å². The predicted molar refractivity (Wildman–Crippen MR) is 264 cm³/mol. The molecule has 0 spiro atoms. The van der Waals surface area contributed by atoms with E-state index < -0.39 is 0 Å². The second kappa shape index (κ2) is 33.0. The molecule has 2 rings (SSSR count). The van der Waals surface area contributed by atoms with Gasteiger partial charge in [-0.05, 0) is 95.4 Å². The summed E-state index contributed by atoms with van der Waals surface area (Å²) in [4.78, 5) is 23.7. The number of nitrogens with one attached hydrogen (secondary N) is 1. The van der Waals surface area contributed by atoms with Crippen LogP contribution in [0, 0.1) is 47.3 Å². The minimum absolute atomic E-state index is 0.106. The Balaban J connectivity index is 1.76. The van der Waals surface area contributed by atoms with Gasteiger partial charge >= 0.3 is 0 Å². The molecule has 61 heavy (non-hydrogen) atoms. The lowest BCUT2D eigenvalue weighted by atomic mass is 9.90. The number of ether oxygens (including phenoxy) is 1. The smallest absolute Gasteiger partial charge is 0.221 e. The van der Waals surface area contributed by atoms with Gasteiger partial charge < -0.3 is 10.1 Å². The molecule has 7 atom stereocenters. The van der Waals surface area contributed by atoms with Crippen molar-refractivity contribution in [3.63, 3.8) is 0 Å². The molecule has 1 radical (unpaired) electrons. The summed E-state index contributed by atoms with van der Waals surface area (Å²) < 4.78 is 6.20. The predicted octanol–water partition coefficient (Wildman–Crippen LogP) is 16.6. The van der Waals surface area contributed by atoms with Crippen LogP contribution in [-0.4, -0.2) is 18.8 Å². The van der Waals surface area contributed by atoms with Crippen LogP contribution in [0.3, 0.4) is 0 Å². The first-order valence-corrected chi connectivity index (χ1v) is 25.7. The SMILES string of the molecule is CC(C)CCC[C@@H](C)CCC[C@@H](C)CCCC(C)CCOc1ccc(C(NC(=O)CC[C]=O)c2ccc(CCC(C)CCC[C@H](C)CCC[C@H](C)CCCC(C)C)cc2)cc1. The van der Waals surface area contributed by atoms with E-state index in [1.807, 2.05) is 18.4 Å². The highest BCUT2D eigenvalue weighted by molar-refractivity contribution is 5.79. The van der Waals surface area contributed by atoms with Gasteiger partial charge in [0.1, 0.15) is 5.75 Å². The maximum atomic E-state index is 12.9. The maximum absolute atomic E-state index is 12.9. The Morgan fingerprint density at radius 2 is 0.852 bits per heavy atom. The molecular formula is C57H96NO3. The summed E-state index contributed by atoms with van der Waals surface area (Å²) in [6, 6.07) is 16.7. The monoisotopic (exact) mass is 843 g/mol. The third-order valence-corrected chi connectivity index (χ3v) is 13.6. The van der Waals surface area contributed by atoms with Crippen LogP contribution in [0.5, 0.6) is 5.75 Å². The molecule has 2 aromatic rings. The lowest BCUT2D eigenvalue weighted by Crippen LogP contribution is -2.29. The molecule has 0 aromatic heterocycles. The van der Waals surface area contributed by atoms with Gasteiger partial charge in [0.05, 0.1) is 12.6 Å². The van der Waals surface area contributed by atoms with E-state index in [1.165, 1.54) is 128 Å². The van der Waals surface area contributed by atoms with E-state index in [-0.39, 0.29) is 24.8 Å². The molecule has 0 fully saturated rings. The number of hydrogen-bond donors (Lipinski definition) is 1. The minimum Gasteiger partial charge on any atom is -0.494 e. The highest BCUT2D eigenvalue weighted by Crippen LogP contribution is 2.28. The van der Waals surface area contributed by atoms with E-state index in [0.29, 0.717) is 18.4 Å². The summed E-state index contributed by atoms with van der Waals surface area (Å²) in [5.41, 5.74) is 3.39. The van der Waals surface area contributed by atoms with Crippen LogP contribution in [0.15, 0.2) is 48.5 Å². The highest BCUT2D eigenvalue weighted by Gasteiger charge is 2.18. The van der Waals surface area contributed by atoms with Gasteiger partial charge in [-0.25, -0.2) is 0 Å². The number of amides is 1. The third kappa shape index (κ3) is 27.2. The normalized spacial score (nSPS) is 15.3. The Bertz CT molecular complexity index is 1370. The molecule has 0 heterocycles. The van der Waals surface area contributed by atoms with Gasteiger partial charge in [-0.2, -0.15) is 0 Å². The van der Waals surface area contributed by atoms with Crippen molar-refractivity contribution in [3.05, 3.63) is 65.2 Å². The molecule has 0 aliphatic carbocycles. The molecule has 4 heteroatoms. The minimum atomic E-state index is -0.295. The molecule has 0 bridgehead atoms. The molecule has 0 saturated carbocycles. The first-order chi connectivity index (χ1) is 29.2. The second-order valence-corrected chi connectivity index (χ2v) is 21.1. The zero-order valence-electron chi connectivity index (χ0n) is 41.5. The molecule has 0 aliphatic heterocycles. The molecule has 4 nitrogen and oxygen atoms in total. The number of hydrogen-bond acceptors (Lipinski definition) is 3. The van der Waals surface area contributed by atoms with E-state index in [9.17, 15) is 9.59 Å². The second-order valence-electron chi connectivity index (χ2n) is 21.1. The van der Waals surface area contributed by atoms with Gasteiger partial charge in [0, 0.05) is 12.8 Å². The van der Waals surface area contributed by atoms with Crippen molar-refractivity contribution in [1.29, 1.82) is 0 Å². The van der Waals surface area contributed by atoms with E-state index >= 15 is 0 Å². The van der Waals surface area contributed by atoms with Crippen molar-refractivity contribution in [2.24, 2.45) is 47.3 Å². The van der Waals surface area contributed by atoms with Crippen molar-refractivity contribution in [3.8, 4) is 5.75 Å². The average Bonchev–Trinajstić information content (AvgIpc) is 3.21. The Hall–Kier alpha value is -2.62. The fourth-order valence-electron chi connectivity index (χ4n) is 9.06. The molecule has 0 saturated heterocycles. The van der Waals surface area contributed by atoms with Crippen LogP contribution >= 0.6 is 0 Å². The van der Waals surface area contributed by atoms with Gasteiger partial charge in [-0.1, -0.05) is 221 Å². The molecule has 1 amide bonds. The summed E-state index contributed by atoms with van der Waals surface area (Å²) in [5, 5.41) is 3.19. The number of aryl methyl sites for hydroxylation is 1. The quantitative estimate of drug-likeness (QED) is 0.0737. The van der Waals surface area contributed by atoms with Gasteiger partial charge in [0.2, 0.25) is 5.91 Å². The number of carbonyl (C=O) groups is 1. The zero-order chi connectivity index (χ0) is 44.8. The molecule has 347 valence electrons. The van der Waals surface area contributed by atoms with Gasteiger partial charge in [-0.15, -0.1) is 0 Å². The van der Waals surface area contributed by atoms with E-state index in [0.717, 1.165) is 65.2 Å². The van der Waals surface area contributed by atoms with Gasteiger partial charge in [0.15, 0.2) is 6.29 Å². The number of rotatable bonds is 37. The largest absolute Gasteiger partial charge is 0.494 e. The summed E-state index contributed by atoms with van der Waals surface area (Å²) in [7, 11) is 0. The summed E-state index contributed by atoms with van der Waals surface area (Å²) in [6.45, 7) is 24.6. The highest BCUT2D eigenvalue weighted by atomic mass is 16.5. The first kappa shape index (κ1) is 54.5. The molecule has 3 unspecified atom stereocenters. The Kier molecular flexibility index (Phi) is 29.5. The van der Waals surface area contributed by atoms with Crippen molar-refractivity contribution in [1.82, 2.24) is 5.32 Å². The third-order valence-electron chi connectivity index (χ3n) is 13.6. The summed E-state index contributed by atoms with van der Waals surface area (Å²) in [5.74, 6) is 7.14. The van der Waals surface area contributed by atoms with Crippen LogP contribution in [-0.2, 0) is 16.0 Å². The van der Waals surface area contributed by atoms with Crippen LogP contribution in [0.4, 0.5) is 0 Å². The standard InChI is InChI=1S/C57H96NO3/c1-44(2)18-11-20-46(5)22-13-24-48(7)26-15-28-50(9)31-32-52-33-35-53(36-34-52)57(58-56(60)30-17-42-59)54-37-39-55(40-38-54)61-43-41-51(10)29-16-27-49(8)25-14-23-47(6)21-12-19-45(3)4/h33-40,44-51,57H,11-32,41,43H2,1-10H3,(H,58,60)/t46-,47-,48-,49-,50?,51?,57?/m1/s1. The van der Waals surface area contributed by atoms with Crippen LogP contribution in [0.1, 0.15) is 233 Å². The molecule has 2 aromatic carbocycles. The number of benzene rings is 2. The van der Waals surface area contributed by atoms with Gasteiger partial charge in [-0.3, -0.25) is 9.59 Å². The van der Waals surface area contributed by atoms with Crippen LogP contribution in [0.2, 0.25) is 0 Å². The van der Waals surface area contributed by atoms with E-state index in [1.54, 1.807) is 0 Å². The topological polar surface area (TPSA) is 55.4 Å². The molecule has 1 N–H and O–H groups in total. The fourth-order valence-corrected chi connectivity index (χ4v) is 9.06. The Morgan fingerprint density at radius 3 is 1.25 bits per heavy atom. The molecule has 0 aliphatic rings. The fraction of sp³-hybridized carbons (Fsp3) is 0.754. The summed E-state index contributed by atoms with van der Waals surface area (Å²) >= 11 is 0. The van der Waals surface area contributed by atoms with Crippen LogP contribution < -0.4 is 10.1 Å². The molecular weight excluding hydrogens is 747 g/mol. The Morgan fingerprint density at radius 1 is 0.492 bits per heavy atom. The zero-order valence-corrected chi connectivity index (χ0v) is 41.5. The summed E-state index contributed by atoms with van der Waals surface area (Å²) in [6.07, 6.45) is 29.9. The van der Waals surface area contributed by atoms with Crippen LogP contribution in [0.25, 0.3) is 0 Å². The lowest BCUT2D eigenvalue weighted by Gasteiger charge is -2.21. The van der Waals surface area contributed by atoms with E-state index in [2.05, 4.69) is 111 Å². The average molecular weight is 843 g/mol. The lowest BCUT2D eigenvalue weighted by molar-refractivity contribution is -0.121. The van der Waals surface area contributed by atoms with E-state index in [4.69, 9.17) is 4.74 Å². The Labute approximate surface area is 378 Å². The van der Waals surface area contributed by atoms with Gasteiger partial charge in [0.25, 0.3) is 0 Å². The van der Waals surface area contributed by atoms with Crippen molar-refractivity contribution in [2.45, 2.75) is 223 Å². The maximum Gasteiger partial charge on any atom is 0.221 e.